The van der Waals surface area contributed by atoms with E-state index in [-0.39, 0.29) is 0 Å². The third-order valence-electron chi connectivity index (χ3n) is 4.59. The second-order valence-corrected chi connectivity index (χ2v) is 6.75. The van der Waals surface area contributed by atoms with Gasteiger partial charge in [0.15, 0.2) is 0 Å². The van der Waals surface area contributed by atoms with Gasteiger partial charge < -0.3 is 10.2 Å². The van der Waals surface area contributed by atoms with Crippen LogP contribution < -0.4 is 0 Å². The van der Waals surface area contributed by atoms with E-state index < -0.39 is 0 Å². The van der Waals surface area contributed by atoms with Gasteiger partial charge in [0.05, 0.1) is 0 Å². The minimum atomic E-state index is 0.372. The van der Waals surface area contributed by atoms with Crippen molar-refractivity contribution in [2.75, 3.05) is 6.61 Å². The number of phenolic OH excluding ortho intramolecular Hbond substituents is 1. The van der Waals surface area contributed by atoms with Crippen molar-refractivity contribution in [2.45, 2.75) is 91.4 Å². The number of aliphatic hydroxyl groups excluding tert-OH is 1. The van der Waals surface area contributed by atoms with E-state index in [1.807, 2.05) is 18.2 Å². The molecule has 140 valence electrons. The van der Waals surface area contributed by atoms with Crippen molar-refractivity contribution in [3.05, 3.63) is 29.8 Å². The molecule has 1 aromatic rings. The van der Waals surface area contributed by atoms with Crippen molar-refractivity contribution >= 4 is 0 Å². The molecule has 0 radical (unpaired) electrons. The smallest absolute Gasteiger partial charge is 0.118 e. The Hall–Kier alpha value is -1.02. The lowest BCUT2D eigenvalue weighted by Crippen LogP contribution is -2.03. The van der Waals surface area contributed by atoms with Gasteiger partial charge in [-0.1, -0.05) is 90.3 Å². The summed E-state index contributed by atoms with van der Waals surface area (Å²) >= 11 is 0. The second-order valence-electron chi connectivity index (χ2n) is 6.75. The maximum absolute atomic E-state index is 9.55. The number of hydrogen-bond donors (Lipinski definition) is 2. The van der Waals surface area contributed by atoms with Gasteiger partial charge in [-0.15, -0.1) is 0 Å². The van der Waals surface area contributed by atoms with Crippen LogP contribution in [0.2, 0.25) is 0 Å². The Kier molecular flexibility index (Phi) is 16.1. The van der Waals surface area contributed by atoms with E-state index in [9.17, 15) is 5.11 Å². The summed E-state index contributed by atoms with van der Waals surface area (Å²) in [6, 6.07) is 7.65. The summed E-state index contributed by atoms with van der Waals surface area (Å²) in [7, 11) is 0. The fourth-order valence-corrected chi connectivity index (χ4v) is 2.74. The molecule has 0 bridgehead atoms. The summed E-state index contributed by atoms with van der Waals surface area (Å²) in [5, 5.41) is 18.3. The van der Waals surface area contributed by atoms with E-state index in [2.05, 4.69) is 20.8 Å². The maximum Gasteiger partial charge on any atom is 0.118 e. The van der Waals surface area contributed by atoms with Gasteiger partial charge in [-0.3, -0.25) is 0 Å². The number of phenols is 1. The highest BCUT2D eigenvalue weighted by molar-refractivity contribution is 5.31. The number of aryl methyl sites for hydroxylation is 1. The summed E-state index contributed by atoms with van der Waals surface area (Å²) in [4.78, 5) is 0. The molecule has 1 unspecified atom stereocenters. The molecule has 24 heavy (non-hydrogen) atoms. The van der Waals surface area contributed by atoms with Gasteiger partial charge in [0.2, 0.25) is 0 Å². The van der Waals surface area contributed by atoms with Crippen LogP contribution >= 0.6 is 0 Å². The normalized spacial score (nSPS) is 11.7. The van der Waals surface area contributed by atoms with Crippen molar-refractivity contribution in [2.24, 2.45) is 5.92 Å². The van der Waals surface area contributed by atoms with E-state index in [1.54, 1.807) is 6.07 Å². The zero-order valence-electron chi connectivity index (χ0n) is 16.3. The quantitative estimate of drug-likeness (QED) is 0.428. The monoisotopic (exact) mass is 336 g/mol. The van der Waals surface area contributed by atoms with E-state index in [1.165, 1.54) is 57.8 Å². The summed E-state index contributed by atoms with van der Waals surface area (Å²) in [6.45, 7) is 6.93. The largest absolute Gasteiger partial charge is 0.508 e. The first-order valence-corrected chi connectivity index (χ1v) is 10.1. The Labute approximate surface area is 150 Å². The zero-order valence-corrected chi connectivity index (χ0v) is 16.3. The zero-order chi connectivity index (χ0) is 18.0. The van der Waals surface area contributed by atoms with Crippen LogP contribution in [0.4, 0.5) is 0 Å². The molecule has 0 spiro atoms. The van der Waals surface area contributed by atoms with Crippen LogP contribution in [0.3, 0.4) is 0 Å². The van der Waals surface area contributed by atoms with E-state index in [4.69, 9.17) is 5.11 Å². The van der Waals surface area contributed by atoms with Crippen molar-refractivity contribution in [1.29, 1.82) is 0 Å². The number of benzene rings is 1. The molecule has 0 aliphatic carbocycles. The van der Waals surface area contributed by atoms with Crippen LogP contribution in [0, 0.1) is 5.92 Å². The minimum Gasteiger partial charge on any atom is -0.508 e. The first kappa shape index (κ1) is 23.0. The molecule has 2 nitrogen and oxygen atoms in total. The highest BCUT2D eigenvalue weighted by atomic mass is 16.3. The molecule has 0 fully saturated rings. The molecule has 1 aromatic carbocycles. The number of unbranched alkanes of at least 4 members (excludes halogenated alkanes) is 6. The second kappa shape index (κ2) is 16.8. The van der Waals surface area contributed by atoms with Gasteiger partial charge in [-0.2, -0.15) is 0 Å². The van der Waals surface area contributed by atoms with Gasteiger partial charge in [-0.05, 0) is 36.8 Å². The highest BCUT2D eigenvalue weighted by Gasteiger charge is 2.01. The molecule has 0 aliphatic heterocycles. The van der Waals surface area contributed by atoms with Gasteiger partial charge in [0.1, 0.15) is 5.75 Å². The van der Waals surface area contributed by atoms with Gasteiger partial charge in [0, 0.05) is 6.61 Å². The lowest BCUT2D eigenvalue weighted by Gasteiger charge is -2.08. The number of hydrogen-bond acceptors (Lipinski definition) is 2. The van der Waals surface area contributed by atoms with Crippen LogP contribution in [0.25, 0.3) is 0 Å². The van der Waals surface area contributed by atoms with Gasteiger partial charge in [0.25, 0.3) is 0 Å². The Morgan fingerprint density at radius 2 is 1.46 bits per heavy atom. The molecule has 2 N–H and O–H groups in total. The number of aliphatic hydroxyl groups is 1. The molecule has 0 aliphatic rings. The van der Waals surface area contributed by atoms with Crippen molar-refractivity contribution in [3.8, 4) is 5.75 Å². The van der Waals surface area contributed by atoms with E-state index in [0.717, 1.165) is 18.4 Å². The number of para-hydroxylation sites is 1. The molecule has 0 amide bonds. The predicted octanol–water partition coefficient (Wildman–Crippen LogP) is 6.49. The van der Waals surface area contributed by atoms with Gasteiger partial charge in [-0.25, -0.2) is 0 Å². The van der Waals surface area contributed by atoms with E-state index >= 15 is 0 Å². The van der Waals surface area contributed by atoms with Crippen molar-refractivity contribution in [1.82, 2.24) is 0 Å². The van der Waals surface area contributed by atoms with Crippen LogP contribution in [0.1, 0.15) is 90.5 Å². The minimum absolute atomic E-state index is 0.372. The first-order chi connectivity index (χ1) is 11.7. The molecule has 1 rings (SSSR count). The standard InChI is InChI=1S/C14H22O.C8H18O/c1-2-3-4-5-6-7-10-13-11-8-9-12-14(13)15;1-3-5-6-8(4-2)7-9/h8-9,11-12,15H,2-7,10H2,1H3;8-9H,3-7H2,1-2H3. The lowest BCUT2D eigenvalue weighted by molar-refractivity contribution is 0.212. The fraction of sp³-hybridized carbons (Fsp3) is 0.727. The number of aromatic hydroxyl groups is 1. The summed E-state index contributed by atoms with van der Waals surface area (Å²) in [6.07, 6.45) is 13.7. The highest BCUT2D eigenvalue weighted by Crippen LogP contribution is 2.18. The molecule has 2 heteroatoms. The predicted molar refractivity (Wildman–Crippen MR) is 106 cm³/mol. The Bertz CT molecular complexity index is 372. The molecular formula is C22H40O2. The van der Waals surface area contributed by atoms with E-state index in [0.29, 0.717) is 18.3 Å². The lowest BCUT2D eigenvalue weighted by atomic mass is 10.0. The Morgan fingerprint density at radius 3 is 2.04 bits per heavy atom. The third-order valence-corrected chi connectivity index (χ3v) is 4.59. The fourth-order valence-electron chi connectivity index (χ4n) is 2.74. The molecule has 0 saturated heterocycles. The average Bonchev–Trinajstić information content (AvgIpc) is 2.61. The van der Waals surface area contributed by atoms with Crippen LogP contribution in [0.15, 0.2) is 24.3 Å². The van der Waals surface area contributed by atoms with Gasteiger partial charge >= 0.3 is 0 Å². The SMILES string of the molecule is CCCCC(CC)CO.CCCCCCCCc1ccccc1O. The molecule has 0 heterocycles. The Morgan fingerprint density at radius 1 is 0.833 bits per heavy atom. The first-order valence-electron chi connectivity index (χ1n) is 10.1. The average molecular weight is 337 g/mol. The van der Waals surface area contributed by atoms with Crippen molar-refractivity contribution < 1.29 is 10.2 Å². The summed E-state index contributed by atoms with van der Waals surface area (Å²) < 4.78 is 0. The van der Waals surface area contributed by atoms with Crippen LogP contribution in [-0.4, -0.2) is 16.8 Å². The Balaban J connectivity index is 0.000000506. The van der Waals surface area contributed by atoms with Crippen LogP contribution in [-0.2, 0) is 6.42 Å². The summed E-state index contributed by atoms with van der Waals surface area (Å²) in [5.41, 5.74) is 1.09. The molecule has 0 saturated carbocycles. The molecule has 0 aromatic heterocycles. The maximum atomic E-state index is 9.55. The van der Waals surface area contributed by atoms with Crippen LogP contribution in [0.5, 0.6) is 5.75 Å². The van der Waals surface area contributed by atoms with Crippen molar-refractivity contribution in [3.63, 3.8) is 0 Å². The molecular weight excluding hydrogens is 296 g/mol. The molecule has 1 atom stereocenters. The third kappa shape index (κ3) is 12.4. The summed E-state index contributed by atoms with van der Waals surface area (Å²) in [5.74, 6) is 1.01. The topological polar surface area (TPSA) is 40.5 Å². The number of rotatable bonds is 12.